The Bertz CT molecular complexity index is 1420. The van der Waals surface area contributed by atoms with Crippen LogP contribution in [0.25, 0.3) is 10.2 Å². The maximum atomic E-state index is 13.7. The Balaban J connectivity index is 1.70. The number of rotatable bonds is 7. The molecule has 2 aromatic carbocycles. The molecule has 7 nitrogen and oxygen atoms in total. The average Bonchev–Trinajstić information content (AvgIpc) is 3.25. The van der Waals surface area contributed by atoms with E-state index in [4.69, 9.17) is 0 Å². The van der Waals surface area contributed by atoms with E-state index < -0.39 is 10.0 Å². The zero-order chi connectivity index (χ0) is 24.5. The van der Waals surface area contributed by atoms with Gasteiger partial charge in [-0.3, -0.25) is 14.7 Å². The van der Waals surface area contributed by atoms with Gasteiger partial charge in [0.05, 0.1) is 27.4 Å². The Morgan fingerprint density at radius 2 is 1.82 bits per heavy atom. The quantitative estimate of drug-likeness (QED) is 0.369. The molecule has 0 aliphatic carbocycles. The standard InChI is InChI=1S/C24H23FN4O3S2/c1-16(2)28(3)34(31,32)20-10-7-17(8-11-20)23(30)29(15-19-6-4-5-13-26-19)24-27-21-12-9-18(25)14-22(21)33-24/h4-14,16H,15H2,1-3H3. The van der Waals surface area contributed by atoms with Crippen molar-refractivity contribution < 1.29 is 17.6 Å². The largest absolute Gasteiger partial charge is 0.278 e. The van der Waals surface area contributed by atoms with Crippen molar-refractivity contribution in [3.05, 3.63) is 83.9 Å². The molecule has 2 aromatic heterocycles. The maximum Gasteiger partial charge on any atom is 0.260 e. The van der Waals surface area contributed by atoms with Crippen molar-refractivity contribution in [2.45, 2.75) is 31.3 Å². The number of nitrogens with zero attached hydrogens (tertiary/aromatic N) is 4. The highest BCUT2D eigenvalue weighted by Crippen LogP contribution is 2.31. The molecule has 1 amide bonds. The van der Waals surface area contributed by atoms with Gasteiger partial charge in [-0.2, -0.15) is 4.31 Å². The number of anilines is 1. The van der Waals surface area contributed by atoms with Crippen molar-refractivity contribution in [3.63, 3.8) is 0 Å². The van der Waals surface area contributed by atoms with Gasteiger partial charge in [0.25, 0.3) is 5.91 Å². The van der Waals surface area contributed by atoms with E-state index in [1.54, 1.807) is 38.2 Å². The van der Waals surface area contributed by atoms with Crippen molar-refractivity contribution in [3.8, 4) is 0 Å². The first-order chi connectivity index (χ1) is 16.2. The zero-order valence-corrected chi connectivity index (χ0v) is 20.5. The molecule has 0 saturated carbocycles. The van der Waals surface area contributed by atoms with Gasteiger partial charge in [0, 0.05) is 24.8 Å². The molecular weight excluding hydrogens is 475 g/mol. The molecule has 0 atom stereocenters. The average molecular weight is 499 g/mol. The SMILES string of the molecule is CC(C)N(C)S(=O)(=O)c1ccc(C(=O)N(Cc2ccccn2)c2nc3ccc(F)cc3s2)cc1. The highest BCUT2D eigenvalue weighted by atomic mass is 32.2. The first kappa shape index (κ1) is 23.9. The number of thiazole rings is 1. The monoisotopic (exact) mass is 498 g/mol. The molecule has 34 heavy (non-hydrogen) atoms. The van der Waals surface area contributed by atoms with Crippen molar-refractivity contribution in [1.29, 1.82) is 0 Å². The molecule has 0 fully saturated rings. The summed E-state index contributed by atoms with van der Waals surface area (Å²) in [5, 5.41) is 0.396. The van der Waals surface area contributed by atoms with Crippen molar-refractivity contribution in [2.75, 3.05) is 11.9 Å². The summed E-state index contributed by atoms with van der Waals surface area (Å²) in [6.45, 7) is 3.72. The van der Waals surface area contributed by atoms with Crippen LogP contribution in [0.3, 0.4) is 0 Å². The molecule has 0 aliphatic heterocycles. The fraction of sp³-hybridized carbons (Fsp3) is 0.208. The van der Waals surface area contributed by atoms with Gasteiger partial charge in [-0.25, -0.2) is 17.8 Å². The number of benzene rings is 2. The van der Waals surface area contributed by atoms with Crippen LogP contribution in [-0.2, 0) is 16.6 Å². The minimum absolute atomic E-state index is 0.104. The minimum atomic E-state index is -3.67. The fourth-order valence-corrected chi connectivity index (χ4v) is 5.61. The lowest BCUT2D eigenvalue weighted by Gasteiger charge is -2.22. The Morgan fingerprint density at radius 3 is 2.47 bits per heavy atom. The zero-order valence-electron chi connectivity index (χ0n) is 18.8. The highest BCUT2D eigenvalue weighted by Gasteiger charge is 2.25. The van der Waals surface area contributed by atoms with Crippen LogP contribution in [0.2, 0.25) is 0 Å². The van der Waals surface area contributed by atoms with E-state index in [0.29, 0.717) is 26.6 Å². The van der Waals surface area contributed by atoms with Gasteiger partial charge in [-0.05, 0) is 68.4 Å². The molecule has 0 aliphatic rings. The summed E-state index contributed by atoms with van der Waals surface area (Å²) >= 11 is 1.20. The number of halogens is 1. The number of sulfonamides is 1. The molecule has 176 valence electrons. The first-order valence-electron chi connectivity index (χ1n) is 10.5. The number of amides is 1. The number of pyridine rings is 1. The van der Waals surface area contributed by atoms with Crippen LogP contribution in [0.1, 0.15) is 29.9 Å². The molecule has 0 radical (unpaired) electrons. The van der Waals surface area contributed by atoms with E-state index in [1.165, 1.54) is 64.0 Å². The highest BCUT2D eigenvalue weighted by molar-refractivity contribution is 7.89. The Hall–Kier alpha value is -3.21. The lowest BCUT2D eigenvalue weighted by atomic mass is 10.2. The number of aromatic nitrogens is 2. The van der Waals surface area contributed by atoms with E-state index in [2.05, 4.69) is 9.97 Å². The molecule has 2 heterocycles. The van der Waals surface area contributed by atoms with Gasteiger partial charge in [0.1, 0.15) is 5.82 Å². The molecular formula is C24H23FN4O3S2. The predicted octanol–water partition coefficient (Wildman–Crippen LogP) is 4.71. The van der Waals surface area contributed by atoms with Gasteiger partial charge in [-0.15, -0.1) is 0 Å². The summed E-state index contributed by atoms with van der Waals surface area (Å²) in [7, 11) is -2.15. The van der Waals surface area contributed by atoms with Gasteiger partial charge < -0.3 is 0 Å². The Labute approximate surface area is 201 Å². The molecule has 0 N–H and O–H groups in total. The Morgan fingerprint density at radius 1 is 1.09 bits per heavy atom. The molecule has 0 bridgehead atoms. The topological polar surface area (TPSA) is 83.5 Å². The Kier molecular flexibility index (Phi) is 6.74. The molecule has 0 spiro atoms. The second kappa shape index (κ2) is 9.57. The van der Waals surface area contributed by atoms with Crippen LogP contribution in [0.5, 0.6) is 0 Å². The number of hydrogen-bond donors (Lipinski definition) is 0. The van der Waals surface area contributed by atoms with Crippen LogP contribution >= 0.6 is 11.3 Å². The molecule has 10 heteroatoms. The second-order valence-corrected chi connectivity index (χ2v) is 11.0. The first-order valence-corrected chi connectivity index (χ1v) is 12.8. The third-order valence-corrected chi connectivity index (χ3v) is 8.46. The lowest BCUT2D eigenvalue weighted by molar-refractivity contribution is 0.0984. The molecule has 4 rings (SSSR count). The van der Waals surface area contributed by atoms with Crippen LogP contribution in [0, 0.1) is 5.82 Å². The van der Waals surface area contributed by atoms with Crippen LogP contribution in [0.4, 0.5) is 9.52 Å². The van der Waals surface area contributed by atoms with Crippen molar-refractivity contribution in [1.82, 2.24) is 14.3 Å². The summed E-state index contributed by atoms with van der Waals surface area (Å²) in [5.74, 6) is -0.750. The third kappa shape index (κ3) is 4.84. The van der Waals surface area contributed by atoms with E-state index in [1.807, 2.05) is 6.07 Å². The molecule has 0 unspecified atom stereocenters. The van der Waals surface area contributed by atoms with Crippen molar-refractivity contribution >= 4 is 42.6 Å². The second-order valence-electron chi connectivity index (χ2n) is 7.96. The normalized spacial score (nSPS) is 11.9. The summed E-state index contributed by atoms with van der Waals surface area (Å²) in [4.78, 5) is 23.9. The van der Waals surface area contributed by atoms with Crippen molar-refractivity contribution in [2.24, 2.45) is 0 Å². The van der Waals surface area contributed by atoms with E-state index in [0.717, 1.165) is 0 Å². The predicted molar refractivity (Wildman–Crippen MR) is 131 cm³/mol. The van der Waals surface area contributed by atoms with E-state index in [9.17, 15) is 17.6 Å². The van der Waals surface area contributed by atoms with Crippen LogP contribution < -0.4 is 4.90 Å². The molecule has 0 saturated heterocycles. The van der Waals surface area contributed by atoms with Gasteiger partial charge in [-0.1, -0.05) is 17.4 Å². The molecule has 4 aromatic rings. The van der Waals surface area contributed by atoms with Gasteiger partial charge in [0.2, 0.25) is 10.0 Å². The summed E-state index contributed by atoms with van der Waals surface area (Å²) in [5.41, 5.74) is 1.53. The van der Waals surface area contributed by atoms with Crippen LogP contribution in [-0.4, -0.2) is 41.7 Å². The number of carbonyl (C=O) groups is 1. The van der Waals surface area contributed by atoms with E-state index in [-0.39, 0.29) is 29.2 Å². The maximum absolute atomic E-state index is 13.7. The third-order valence-electron chi connectivity index (χ3n) is 5.37. The lowest BCUT2D eigenvalue weighted by Crippen LogP contribution is -2.33. The van der Waals surface area contributed by atoms with Crippen LogP contribution in [0.15, 0.2) is 71.8 Å². The summed E-state index contributed by atoms with van der Waals surface area (Å²) < 4.78 is 41.1. The number of fused-ring (bicyclic) bond motifs is 1. The van der Waals surface area contributed by atoms with E-state index >= 15 is 0 Å². The smallest absolute Gasteiger partial charge is 0.260 e. The van der Waals surface area contributed by atoms with Gasteiger partial charge >= 0.3 is 0 Å². The van der Waals surface area contributed by atoms with Gasteiger partial charge in [0.15, 0.2) is 5.13 Å². The number of hydrogen-bond acceptors (Lipinski definition) is 6. The fourth-order valence-electron chi connectivity index (χ4n) is 3.25. The minimum Gasteiger partial charge on any atom is -0.278 e. The summed E-state index contributed by atoms with van der Waals surface area (Å²) in [6.07, 6.45) is 1.64. The summed E-state index contributed by atoms with van der Waals surface area (Å²) in [6, 6.07) is 15.3. The number of carbonyl (C=O) groups excluding carboxylic acids is 1.